The number of carboxylic acids is 1. The smallest absolute Gasteiger partial charge is 0.320 e. The lowest BCUT2D eigenvalue weighted by atomic mass is 10.1. The van der Waals surface area contributed by atoms with Crippen molar-refractivity contribution < 1.29 is 14.8 Å². The van der Waals surface area contributed by atoms with Gasteiger partial charge in [-0.2, -0.15) is 11.8 Å². The molecule has 2 N–H and O–H groups in total. The van der Waals surface area contributed by atoms with E-state index in [9.17, 15) is 14.9 Å². The number of rotatable bonds is 8. The molecule has 0 saturated carbocycles. The highest BCUT2D eigenvalue weighted by Crippen LogP contribution is 2.12. The van der Waals surface area contributed by atoms with Crippen LogP contribution in [0.25, 0.3) is 0 Å². The molecule has 6 nitrogen and oxygen atoms in total. The summed E-state index contributed by atoms with van der Waals surface area (Å²) < 4.78 is 0. The number of nitro groups is 1. The Morgan fingerprint density at radius 2 is 2.05 bits per heavy atom. The summed E-state index contributed by atoms with van der Waals surface area (Å²) in [7, 11) is 0. The third kappa shape index (κ3) is 6.23. The number of hydrogen-bond acceptors (Lipinski definition) is 5. The van der Waals surface area contributed by atoms with Crippen LogP contribution in [0.1, 0.15) is 12.0 Å². The zero-order chi connectivity index (χ0) is 14.3. The molecule has 1 atom stereocenters. The fraction of sp³-hybridized carbons (Fsp3) is 0.417. The van der Waals surface area contributed by atoms with E-state index in [4.69, 9.17) is 5.11 Å². The van der Waals surface area contributed by atoms with Crippen LogP contribution >= 0.6 is 24.2 Å². The van der Waals surface area contributed by atoms with Gasteiger partial charge in [-0.3, -0.25) is 14.9 Å². The topological polar surface area (TPSA) is 92.5 Å². The second-order valence-corrected chi connectivity index (χ2v) is 4.96. The number of hydrogen-bond donors (Lipinski definition) is 2. The van der Waals surface area contributed by atoms with Crippen LogP contribution in [0.4, 0.5) is 5.69 Å². The van der Waals surface area contributed by atoms with Crippen molar-refractivity contribution in [2.45, 2.75) is 19.0 Å². The van der Waals surface area contributed by atoms with Crippen LogP contribution in [0.15, 0.2) is 24.3 Å². The Labute approximate surface area is 127 Å². The van der Waals surface area contributed by atoms with Gasteiger partial charge in [0.05, 0.1) is 4.92 Å². The molecule has 0 amide bonds. The molecule has 0 aliphatic rings. The number of non-ortho nitro benzene ring substituents is 1. The molecule has 8 heteroatoms. The van der Waals surface area contributed by atoms with Gasteiger partial charge in [-0.25, -0.2) is 0 Å². The largest absolute Gasteiger partial charge is 0.480 e. The lowest BCUT2D eigenvalue weighted by Gasteiger charge is -2.13. The lowest BCUT2D eigenvalue weighted by molar-refractivity contribution is -0.384. The van der Waals surface area contributed by atoms with Gasteiger partial charge < -0.3 is 10.4 Å². The molecule has 1 aromatic rings. The fourth-order valence-corrected chi connectivity index (χ4v) is 2.00. The molecular weight excluding hydrogens is 304 g/mol. The van der Waals surface area contributed by atoms with Crippen LogP contribution in [0.2, 0.25) is 0 Å². The Kier molecular flexibility index (Phi) is 8.94. The first-order chi connectivity index (χ1) is 9.04. The average molecular weight is 321 g/mol. The number of nitrogens with one attached hydrogen (secondary N) is 1. The first-order valence-electron chi connectivity index (χ1n) is 5.73. The van der Waals surface area contributed by atoms with Gasteiger partial charge in [-0.15, -0.1) is 12.4 Å². The van der Waals surface area contributed by atoms with Crippen LogP contribution in [-0.4, -0.2) is 34.0 Å². The van der Waals surface area contributed by atoms with Crippen LogP contribution in [0.3, 0.4) is 0 Å². The van der Waals surface area contributed by atoms with Crippen LogP contribution in [0.5, 0.6) is 0 Å². The van der Waals surface area contributed by atoms with Gasteiger partial charge in [0.25, 0.3) is 5.69 Å². The Hall–Kier alpha value is -1.31. The molecule has 1 rings (SSSR count). The summed E-state index contributed by atoms with van der Waals surface area (Å²) in [4.78, 5) is 21.0. The van der Waals surface area contributed by atoms with E-state index in [0.29, 0.717) is 13.0 Å². The highest BCUT2D eigenvalue weighted by Gasteiger charge is 2.16. The molecule has 1 unspecified atom stereocenters. The van der Waals surface area contributed by atoms with Crippen molar-refractivity contribution in [3.8, 4) is 0 Å². The molecular formula is C12H17ClN2O4S. The summed E-state index contributed by atoms with van der Waals surface area (Å²) in [5.41, 5.74) is 0.849. The molecule has 0 aliphatic heterocycles. The van der Waals surface area contributed by atoms with Gasteiger partial charge in [0.1, 0.15) is 6.04 Å². The van der Waals surface area contributed by atoms with E-state index >= 15 is 0 Å². The Morgan fingerprint density at radius 1 is 1.45 bits per heavy atom. The zero-order valence-corrected chi connectivity index (χ0v) is 12.6. The Balaban J connectivity index is 0.00000361. The molecule has 0 aliphatic carbocycles. The summed E-state index contributed by atoms with van der Waals surface area (Å²) in [6.45, 7) is 0.378. The van der Waals surface area contributed by atoms with Crippen LogP contribution in [0, 0.1) is 10.1 Å². The molecule has 0 radical (unpaired) electrons. The summed E-state index contributed by atoms with van der Waals surface area (Å²) in [6.07, 6.45) is 2.47. The van der Waals surface area contributed by atoms with E-state index in [1.54, 1.807) is 23.9 Å². The Bertz CT molecular complexity index is 442. The first kappa shape index (κ1) is 18.7. The molecule has 0 fully saturated rings. The number of aliphatic carboxylic acids is 1. The van der Waals surface area contributed by atoms with Gasteiger partial charge in [-0.1, -0.05) is 12.1 Å². The van der Waals surface area contributed by atoms with Gasteiger partial charge in [0.15, 0.2) is 0 Å². The summed E-state index contributed by atoms with van der Waals surface area (Å²) >= 11 is 1.60. The van der Waals surface area contributed by atoms with Gasteiger partial charge in [-0.05, 0) is 24.0 Å². The predicted octanol–water partition coefficient (Wildman–Crippen LogP) is 2.31. The van der Waals surface area contributed by atoms with Gasteiger partial charge in [0.2, 0.25) is 0 Å². The fourth-order valence-electron chi connectivity index (χ4n) is 1.53. The minimum absolute atomic E-state index is 0. The maximum atomic E-state index is 11.0. The molecule has 112 valence electrons. The van der Waals surface area contributed by atoms with Crippen molar-refractivity contribution >= 4 is 35.8 Å². The van der Waals surface area contributed by atoms with E-state index in [0.717, 1.165) is 11.3 Å². The highest BCUT2D eigenvalue weighted by atomic mass is 35.5. The van der Waals surface area contributed by atoms with Crippen molar-refractivity contribution in [3.05, 3.63) is 39.9 Å². The number of benzene rings is 1. The van der Waals surface area contributed by atoms with E-state index in [1.165, 1.54) is 12.1 Å². The molecule has 1 aromatic carbocycles. The minimum atomic E-state index is -0.879. The number of nitro benzene ring substituents is 1. The molecule has 0 spiro atoms. The van der Waals surface area contributed by atoms with Crippen molar-refractivity contribution in [1.82, 2.24) is 5.32 Å². The minimum Gasteiger partial charge on any atom is -0.480 e. The van der Waals surface area contributed by atoms with Crippen LogP contribution in [-0.2, 0) is 11.3 Å². The second-order valence-electron chi connectivity index (χ2n) is 3.98. The van der Waals surface area contributed by atoms with E-state index in [-0.39, 0.29) is 18.1 Å². The number of halogens is 1. The van der Waals surface area contributed by atoms with E-state index in [2.05, 4.69) is 5.32 Å². The van der Waals surface area contributed by atoms with Gasteiger partial charge in [0, 0.05) is 18.7 Å². The molecule has 0 heterocycles. The SMILES string of the molecule is CSCCC(NCc1ccc([N+](=O)[O-])cc1)C(=O)O.Cl. The first-order valence-corrected chi connectivity index (χ1v) is 7.12. The third-order valence-corrected chi connectivity index (χ3v) is 3.25. The van der Waals surface area contributed by atoms with Crippen molar-refractivity contribution in [1.29, 1.82) is 0 Å². The number of carboxylic acid groups (broad SMARTS) is 1. The van der Waals surface area contributed by atoms with E-state index in [1.807, 2.05) is 6.26 Å². The second kappa shape index (κ2) is 9.57. The zero-order valence-electron chi connectivity index (χ0n) is 10.9. The number of carbonyl (C=O) groups is 1. The summed E-state index contributed by atoms with van der Waals surface area (Å²) in [6, 6.07) is 5.48. The summed E-state index contributed by atoms with van der Waals surface area (Å²) in [5, 5.41) is 22.5. The highest BCUT2D eigenvalue weighted by molar-refractivity contribution is 7.98. The van der Waals surface area contributed by atoms with Crippen molar-refractivity contribution in [2.75, 3.05) is 12.0 Å². The number of nitrogens with zero attached hydrogens (tertiary/aromatic N) is 1. The molecule has 20 heavy (non-hydrogen) atoms. The predicted molar refractivity (Wildman–Crippen MR) is 81.6 cm³/mol. The molecule has 0 bridgehead atoms. The van der Waals surface area contributed by atoms with E-state index < -0.39 is 16.9 Å². The quantitative estimate of drug-likeness (QED) is 0.564. The van der Waals surface area contributed by atoms with Crippen molar-refractivity contribution in [3.63, 3.8) is 0 Å². The normalized spacial score (nSPS) is 11.4. The number of thioether (sulfide) groups is 1. The third-order valence-electron chi connectivity index (χ3n) is 2.61. The maximum absolute atomic E-state index is 11.0. The lowest BCUT2D eigenvalue weighted by Crippen LogP contribution is -2.36. The standard InChI is InChI=1S/C12H16N2O4S.ClH/c1-19-7-6-11(12(15)16)13-8-9-2-4-10(5-3-9)14(17)18;/h2-5,11,13H,6-8H2,1H3,(H,15,16);1H. The van der Waals surface area contributed by atoms with Gasteiger partial charge >= 0.3 is 5.97 Å². The molecule has 0 saturated heterocycles. The molecule has 0 aromatic heterocycles. The monoisotopic (exact) mass is 320 g/mol. The summed E-state index contributed by atoms with van der Waals surface area (Å²) in [5.74, 6) is -0.111. The maximum Gasteiger partial charge on any atom is 0.320 e. The Morgan fingerprint density at radius 3 is 2.50 bits per heavy atom. The van der Waals surface area contributed by atoms with Crippen LogP contribution < -0.4 is 5.32 Å². The average Bonchev–Trinajstić information content (AvgIpc) is 2.39. The van der Waals surface area contributed by atoms with Crippen molar-refractivity contribution in [2.24, 2.45) is 0 Å².